The second-order valence-corrected chi connectivity index (χ2v) is 9.84. The Morgan fingerprint density at radius 3 is 2.63 bits per heavy atom. The number of benzene rings is 1. The lowest BCUT2D eigenvalue weighted by Gasteiger charge is -2.72. The predicted molar refractivity (Wildman–Crippen MR) is 108 cm³/mol. The number of carbonyl (C=O) groups excluding carboxylic acids is 2. The highest BCUT2D eigenvalue weighted by Crippen LogP contribution is 2.76. The summed E-state index contributed by atoms with van der Waals surface area (Å²) in [5.74, 6) is -0.634. The average molecular weight is 412 g/mol. The van der Waals surface area contributed by atoms with E-state index in [-0.39, 0.29) is 11.5 Å². The van der Waals surface area contributed by atoms with E-state index in [1.54, 1.807) is 4.90 Å². The van der Waals surface area contributed by atoms with E-state index >= 15 is 0 Å². The molecule has 7 rings (SSSR count). The van der Waals surface area contributed by atoms with Gasteiger partial charge in [-0.25, -0.2) is 9.59 Å². The fraction of sp³-hybridized carbons (Fsp3) is 0.652. The minimum absolute atomic E-state index is 0.154. The maximum absolute atomic E-state index is 13.3. The number of aliphatic hydroxyl groups is 1. The molecule has 160 valence electrons. The van der Waals surface area contributed by atoms with Crippen LogP contribution in [0.2, 0.25) is 0 Å². The van der Waals surface area contributed by atoms with Crippen molar-refractivity contribution in [2.75, 3.05) is 32.2 Å². The van der Waals surface area contributed by atoms with E-state index in [2.05, 4.69) is 11.0 Å². The molecule has 1 aromatic carbocycles. The Morgan fingerprint density at radius 2 is 1.87 bits per heavy atom. The fourth-order valence-electron chi connectivity index (χ4n) is 8.68. The minimum atomic E-state index is -1.78. The van der Waals surface area contributed by atoms with Crippen molar-refractivity contribution in [1.29, 1.82) is 0 Å². The zero-order valence-corrected chi connectivity index (χ0v) is 17.5. The standard InChI is InChI=1S/C23H28N2O5/c1-29-18(26)22(28)14-20-8-5-12-24-13-11-21(17(20)24)15-6-3-4-7-16(15)25(19(27)30-2)23(21,22)10-9-20/h3-4,6-7,17,28H,5,8-14H2,1-2H3/t17-,20?,21+,22+,23?/m0/s1. The van der Waals surface area contributed by atoms with Crippen molar-refractivity contribution in [3.8, 4) is 0 Å². The van der Waals surface area contributed by atoms with Crippen molar-refractivity contribution >= 4 is 17.7 Å². The van der Waals surface area contributed by atoms with Crippen LogP contribution in [0.4, 0.5) is 10.5 Å². The molecule has 3 saturated carbocycles. The van der Waals surface area contributed by atoms with Gasteiger partial charge in [-0.1, -0.05) is 18.2 Å². The van der Waals surface area contributed by atoms with Crippen LogP contribution in [-0.4, -0.2) is 66.6 Å². The van der Waals surface area contributed by atoms with E-state index < -0.39 is 28.6 Å². The molecular formula is C23H28N2O5. The van der Waals surface area contributed by atoms with E-state index in [9.17, 15) is 14.7 Å². The first-order valence-corrected chi connectivity index (χ1v) is 10.9. The van der Waals surface area contributed by atoms with Crippen LogP contribution in [-0.2, 0) is 19.7 Å². The Balaban J connectivity index is 1.73. The van der Waals surface area contributed by atoms with Crippen molar-refractivity contribution in [2.24, 2.45) is 5.41 Å². The van der Waals surface area contributed by atoms with Crippen LogP contribution in [0.5, 0.6) is 0 Å². The molecule has 1 N–H and O–H groups in total. The van der Waals surface area contributed by atoms with Crippen LogP contribution >= 0.6 is 0 Å². The lowest BCUT2D eigenvalue weighted by Crippen LogP contribution is -2.86. The van der Waals surface area contributed by atoms with Crippen molar-refractivity contribution < 1.29 is 24.2 Å². The smallest absolute Gasteiger partial charge is 0.414 e. The predicted octanol–water partition coefficient (Wildman–Crippen LogP) is 2.21. The summed E-state index contributed by atoms with van der Waals surface area (Å²) in [6.45, 7) is 1.94. The van der Waals surface area contributed by atoms with Gasteiger partial charge >= 0.3 is 12.1 Å². The molecule has 30 heavy (non-hydrogen) atoms. The number of ether oxygens (including phenoxy) is 2. The molecule has 0 radical (unpaired) electrons. The quantitative estimate of drug-likeness (QED) is 0.713. The molecule has 3 aliphatic heterocycles. The number of nitrogens with zero attached hydrogens (tertiary/aromatic N) is 2. The first kappa shape index (κ1) is 18.6. The van der Waals surface area contributed by atoms with Crippen LogP contribution in [0, 0.1) is 5.41 Å². The molecule has 2 bridgehead atoms. The Morgan fingerprint density at radius 1 is 1.07 bits per heavy atom. The van der Waals surface area contributed by atoms with Crippen LogP contribution in [0.25, 0.3) is 0 Å². The molecule has 3 heterocycles. The summed E-state index contributed by atoms with van der Waals surface area (Å²) in [5.41, 5.74) is -1.73. The molecule has 7 nitrogen and oxygen atoms in total. The van der Waals surface area contributed by atoms with Gasteiger partial charge < -0.3 is 14.6 Å². The molecule has 5 atom stereocenters. The second-order valence-electron chi connectivity index (χ2n) is 9.84. The number of anilines is 1. The van der Waals surface area contributed by atoms with Crippen molar-refractivity contribution in [3.05, 3.63) is 29.8 Å². The number of amides is 1. The second kappa shape index (κ2) is 5.56. The molecule has 0 aromatic heterocycles. The van der Waals surface area contributed by atoms with Gasteiger partial charge in [-0.05, 0) is 68.7 Å². The summed E-state index contributed by atoms with van der Waals surface area (Å²) in [4.78, 5) is 30.8. The molecule has 2 unspecified atom stereocenters. The number of hydrogen-bond acceptors (Lipinski definition) is 6. The summed E-state index contributed by atoms with van der Waals surface area (Å²) < 4.78 is 10.4. The minimum Gasteiger partial charge on any atom is -0.467 e. The Hall–Kier alpha value is -2.12. The van der Waals surface area contributed by atoms with Crippen molar-refractivity contribution in [2.45, 2.75) is 61.1 Å². The number of methoxy groups -OCH3 is 2. The van der Waals surface area contributed by atoms with Gasteiger partial charge in [0.1, 0.15) is 5.54 Å². The summed E-state index contributed by atoms with van der Waals surface area (Å²) in [6, 6.07) is 8.13. The van der Waals surface area contributed by atoms with E-state index in [4.69, 9.17) is 9.47 Å². The largest absolute Gasteiger partial charge is 0.467 e. The van der Waals surface area contributed by atoms with Gasteiger partial charge in [-0.3, -0.25) is 9.80 Å². The molecule has 2 saturated heterocycles. The third-order valence-corrected chi connectivity index (χ3v) is 9.23. The number of para-hydroxylation sites is 1. The monoisotopic (exact) mass is 412 g/mol. The zero-order valence-electron chi connectivity index (χ0n) is 17.5. The third kappa shape index (κ3) is 1.64. The van der Waals surface area contributed by atoms with Crippen LogP contribution < -0.4 is 4.90 Å². The normalized spacial score (nSPS) is 43.0. The molecule has 3 spiro atoms. The molecule has 7 heteroatoms. The van der Waals surface area contributed by atoms with Gasteiger partial charge in [0.05, 0.1) is 19.9 Å². The third-order valence-electron chi connectivity index (χ3n) is 9.23. The van der Waals surface area contributed by atoms with E-state index in [0.29, 0.717) is 12.8 Å². The lowest BCUT2D eigenvalue weighted by molar-refractivity contribution is -0.227. The van der Waals surface area contributed by atoms with Gasteiger partial charge in [-0.15, -0.1) is 0 Å². The van der Waals surface area contributed by atoms with E-state index in [1.165, 1.54) is 14.2 Å². The number of fused-ring (bicyclic) bond motifs is 3. The molecule has 1 aromatic rings. The summed E-state index contributed by atoms with van der Waals surface area (Å²) in [5, 5.41) is 12.3. The first-order chi connectivity index (χ1) is 14.4. The van der Waals surface area contributed by atoms with Gasteiger partial charge in [0.25, 0.3) is 0 Å². The number of piperidine rings is 1. The van der Waals surface area contributed by atoms with Crippen LogP contribution in [0.15, 0.2) is 24.3 Å². The fourth-order valence-corrected chi connectivity index (χ4v) is 8.68. The maximum atomic E-state index is 13.3. The number of rotatable bonds is 1. The number of carbonyl (C=O) groups is 2. The van der Waals surface area contributed by atoms with Crippen LogP contribution in [0.3, 0.4) is 0 Å². The molecular weight excluding hydrogens is 384 g/mol. The highest BCUT2D eigenvalue weighted by Gasteiger charge is 2.86. The molecule has 3 aliphatic carbocycles. The van der Waals surface area contributed by atoms with Gasteiger partial charge in [0.2, 0.25) is 0 Å². The topological polar surface area (TPSA) is 79.3 Å². The van der Waals surface area contributed by atoms with Gasteiger partial charge in [-0.2, -0.15) is 0 Å². The lowest BCUT2D eigenvalue weighted by atomic mass is 9.37. The molecule has 1 amide bonds. The molecule has 5 fully saturated rings. The SMILES string of the molecule is COC(=O)N1c2ccccc2[C@@]23CCN4CCCC5(CCC12[C@](O)(C(=O)OC)C5)[C@H]43. The Bertz CT molecular complexity index is 967. The van der Waals surface area contributed by atoms with Gasteiger partial charge in [0, 0.05) is 11.5 Å². The van der Waals surface area contributed by atoms with Crippen LogP contribution in [0.1, 0.15) is 44.1 Å². The van der Waals surface area contributed by atoms with E-state index in [0.717, 1.165) is 50.0 Å². The summed E-state index contributed by atoms with van der Waals surface area (Å²) in [6.07, 6.45) is 4.12. The first-order valence-electron chi connectivity index (χ1n) is 10.9. The zero-order chi connectivity index (χ0) is 20.9. The highest BCUT2D eigenvalue weighted by molar-refractivity contribution is 5.99. The highest BCUT2D eigenvalue weighted by atomic mass is 16.6. The average Bonchev–Trinajstić information content (AvgIpc) is 3.29. The number of esters is 1. The molecule has 6 aliphatic rings. The summed E-state index contributed by atoms with van der Waals surface area (Å²) in [7, 11) is 2.69. The van der Waals surface area contributed by atoms with Crippen molar-refractivity contribution in [1.82, 2.24) is 4.90 Å². The number of hydrogen-bond donors (Lipinski definition) is 1. The maximum Gasteiger partial charge on any atom is 0.414 e. The summed E-state index contributed by atoms with van der Waals surface area (Å²) >= 11 is 0. The van der Waals surface area contributed by atoms with Crippen molar-refractivity contribution in [3.63, 3.8) is 0 Å². The van der Waals surface area contributed by atoms with Gasteiger partial charge in [0.15, 0.2) is 5.60 Å². The Kier molecular flexibility index (Phi) is 3.46. The Labute approximate surface area is 175 Å². The van der Waals surface area contributed by atoms with E-state index in [1.807, 2.05) is 18.2 Å².